The highest BCUT2D eigenvalue weighted by atomic mass is 16.1. The Morgan fingerprint density at radius 2 is 1.89 bits per heavy atom. The Bertz CT molecular complexity index is 565. The van der Waals surface area contributed by atoms with Crippen molar-refractivity contribution in [2.75, 3.05) is 0 Å². The summed E-state index contributed by atoms with van der Waals surface area (Å²) in [5, 5.41) is 1.32. The van der Waals surface area contributed by atoms with Gasteiger partial charge in [-0.25, -0.2) is 0 Å². The van der Waals surface area contributed by atoms with Gasteiger partial charge in [-0.15, -0.1) is 0 Å². The number of aromatic nitrogens is 1. The number of para-hydroxylation sites is 1. The monoisotopic (exact) mass is 242 g/mol. The number of nitrogens with two attached hydrogens (primary N) is 1. The van der Waals surface area contributed by atoms with Gasteiger partial charge >= 0.3 is 0 Å². The quantitative estimate of drug-likeness (QED) is 0.835. The first-order valence-electron chi connectivity index (χ1n) is 6.61. The van der Waals surface area contributed by atoms with E-state index >= 15 is 0 Å². The molecule has 0 bridgehead atoms. The molecule has 1 saturated carbocycles. The van der Waals surface area contributed by atoms with Crippen LogP contribution in [0.2, 0.25) is 0 Å². The van der Waals surface area contributed by atoms with Gasteiger partial charge in [-0.1, -0.05) is 18.2 Å². The molecule has 1 aliphatic carbocycles. The van der Waals surface area contributed by atoms with E-state index in [2.05, 4.69) is 29.4 Å². The van der Waals surface area contributed by atoms with Gasteiger partial charge in [0.2, 0.25) is 5.91 Å². The van der Waals surface area contributed by atoms with Gasteiger partial charge in [0.15, 0.2) is 0 Å². The minimum absolute atomic E-state index is 0.0893. The van der Waals surface area contributed by atoms with E-state index in [1.165, 1.54) is 16.5 Å². The summed E-state index contributed by atoms with van der Waals surface area (Å²) in [5.41, 5.74) is 7.97. The first-order chi connectivity index (χ1) is 8.75. The smallest absolute Gasteiger partial charge is 0.220 e. The molecule has 0 spiro atoms. The van der Waals surface area contributed by atoms with Crippen LogP contribution in [0, 0.1) is 5.92 Å². The van der Waals surface area contributed by atoms with Crippen LogP contribution in [-0.2, 0) is 4.79 Å². The Balaban J connectivity index is 1.82. The van der Waals surface area contributed by atoms with E-state index in [-0.39, 0.29) is 11.8 Å². The lowest BCUT2D eigenvalue weighted by Gasteiger charge is -2.26. The van der Waals surface area contributed by atoms with Crippen molar-refractivity contribution in [2.24, 2.45) is 11.7 Å². The van der Waals surface area contributed by atoms with E-state index in [1.807, 2.05) is 6.07 Å². The molecule has 1 aromatic heterocycles. The molecule has 1 fully saturated rings. The SMILES string of the molecule is NC(=O)C1CCC(c2c[nH]c3ccccc23)CC1. The van der Waals surface area contributed by atoms with E-state index in [9.17, 15) is 4.79 Å². The predicted molar refractivity (Wildman–Crippen MR) is 72.2 cm³/mol. The molecule has 3 N–H and O–H groups in total. The average Bonchev–Trinajstić information content (AvgIpc) is 2.82. The number of nitrogens with one attached hydrogen (secondary N) is 1. The first kappa shape index (κ1) is 11.3. The van der Waals surface area contributed by atoms with Crippen molar-refractivity contribution in [2.45, 2.75) is 31.6 Å². The lowest BCUT2D eigenvalue weighted by Crippen LogP contribution is -2.27. The van der Waals surface area contributed by atoms with Crippen molar-refractivity contribution < 1.29 is 4.79 Å². The van der Waals surface area contributed by atoms with Crippen LogP contribution in [0.3, 0.4) is 0 Å². The van der Waals surface area contributed by atoms with Crippen LogP contribution in [-0.4, -0.2) is 10.9 Å². The van der Waals surface area contributed by atoms with E-state index in [0.717, 1.165) is 25.7 Å². The molecule has 3 nitrogen and oxygen atoms in total. The van der Waals surface area contributed by atoms with Gasteiger partial charge < -0.3 is 10.7 Å². The molecular formula is C15H18N2O. The van der Waals surface area contributed by atoms with E-state index in [1.54, 1.807) is 0 Å². The van der Waals surface area contributed by atoms with Crippen LogP contribution in [0.15, 0.2) is 30.5 Å². The molecule has 1 aliphatic rings. The van der Waals surface area contributed by atoms with Crippen LogP contribution in [0.1, 0.15) is 37.2 Å². The summed E-state index contributed by atoms with van der Waals surface area (Å²) in [5.74, 6) is 0.524. The highest BCUT2D eigenvalue weighted by molar-refractivity contribution is 5.83. The zero-order chi connectivity index (χ0) is 12.5. The van der Waals surface area contributed by atoms with E-state index in [0.29, 0.717) is 5.92 Å². The Morgan fingerprint density at radius 1 is 1.17 bits per heavy atom. The van der Waals surface area contributed by atoms with Gasteiger partial charge in [-0.3, -0.25) is 4.79 Å². The molecule has 0 unspecified atom stereocenters. The Morgan fingerprint density at radius 3 is 2.61 bits per heavy atom. The number of carbonyl (C=O) groups is 1. The van der Waals surface area contributed by atoms with Gasteiger partial charge in [0.1, 0.15) is 0 Å². The van der Waals surface area contributed by atoms with Crippen molar-refractivity contribution in [3.8, 4) is 0 Å². The highest BCUT2D eigenvalue weighted by Gasteiger charge is 2.26. The third kappa shape index (κ3) is 1.90. The fraction of sp³-hybridized carbons (Fsp3) is 0.400. The standard InChI is InChI=1S/C15H18N2O/c16-15(18)11-7-5-10(6-8-11)13-9-17-14-4-2-1-3-12(13)14/h1-4,9-11,17H,5-8H2,(H2,16,18). The molecule has 94 valence electrons. The highest BCUT2D eigenvalue weighted by Crippen LogP contribution is 2.38. The zero-order valence-electron chi connectivity index (χ0n) is 10.4. The van der Waals surface area contributed by atoms with Crippen molar-refractivity contribution >= 4 is 16.8 Å². The van der Waals surface area contributed by atoms with Gasteiger partial charge in [-0.2, -0.15) is 0 Å². The molecular weight excluding hydrogens is 224 g/mol. The third-order valence-corrected chi connectivity index (χ3v) is 4.19. The number of carbonyl (C=O) groups excluding carboxylic acids is 1. The number of primary amides is 1. The maximum Gasteiger partial charge on any atom is 0.220 e. The summed E-state index contributed by atoms with van der Waals surface area (Å²) in [4.78, 5) is 14.5. The summed E-state index contributed by atoms with van der Waals surface area (Å²) in [7, 11) is 0. The van der Waals surface area contributed by atoms with Crippen molar-refractivity contribution in [3.63, 3.8) is 0 Å². The summed E-state index contributed by atoms with van der Waals surface area (Å²) < 4.78 is 0. The maximum absolute atomic E-state index is 11.2. The number of hydrogen-bond acceptors (Lipinski definition) is 1. The van der Waals surface area contributed by atoms with Crippen LogP contribution >= 0.6 is 0 Å². The van der Waals surface area contributed by atoms with Crippen molar-refractivity contribution in [1.82, 2.24) is 4.98 Å². The molecule has 1 heterocycles. The van der Waals surface area contributed by atoms with Crippen molar-refractivity contribution in [3.05, 3.63) is 36.0 Å². The van der Waals surface area contributed by atoms with Gasteiger partial charge in [0.25, 0.3) is 0 Å². The second-order valence-electron chi connectivity index (χ2n) is 5.24. The number of aromatic amines is 1. The molecule has 3 rings (SSSR count). The largest absolute Gasteiger partial charge is 0.369 e. The second kappa shape index (κ2) is 4.48. The molecule has 0 saturated heterocycles. The summed E-state index contributed by atoms with van der Waals surface area (Å²) in [6.07, 6.45) is 6.11. The Kier molecular flexibility index (Phi) is 2.82. The minimum atomic E-state index is -0.132. The van der Waals surface area contributed by atoms with Crippen molar-refractivity contribution in [1.29, 1.82) is 0 Å². The van der Waals surface area contributed by atoms with Crippen LogP contribution < -0.4 is 5.73 Å². The molecule has 2 aromatic rings. The van der Waals surface area contributed by atoms with Gasteiger partial charge in [-0.05, 0) is 43.2 Å². The van der Waals surface area contributed by atoms with Crippen LogP contribution in [0.25, 0.3) is 10.9 Å². The number of amides is 1. The van der Waals surface area contributed by atoms with E-state index < -0.39 is 0 Å². The fourth-order valence-electron chi connectivity index (χ4n) is 3.12. The normalized spacial score (nSPS) is 24.2. The predicted octanol–water partition coefficient (Wildman–Crippen LogP) is 2.93. The van der Waals surface area contributed by atoms with Gasteiger partial charge in [0.05, 0.1) is 0 Å². The lowest BCUT2D eigenvalue weighted by atomic mass is 9.78. The number of fused-ring (bicyclic) bond motifs is 1. The number of rotatable bonds is 2. The first-order valence-corrected chi connectivity index (χ1v) is 6.61. The molecule has 1 amide bonds. The molecule has 0 radical (unpaired) electrons. The van der Waals surface area contributed by atoms with Crippen LogP contribution in [0.5, 0.6) is 0 Å². The number of benzene rings is 1. The third-order valence-electron chi connectivity index (χ3n) is 4.19. The van der Waals surface area contributed by atoms with E-state index in [4.69, 9.17) is 5.73 Å². The summed E-state index contributed by atoms with van der Waals surface area (Å²) in [6, 6.07) is 8.40. The molecule has 0 atom stereocenters. The summed E-state index contributed by atoms with van der Waals surface area (Å²) >= 11 is 0. The number of hydrogen-bond donors (Lipinski definition) is 2. The Hall–Kier alpha value is -1.77. The Labute approximate surface area is 106 Å². The lowest BCUT2D eigenvalue weighted by molar-refractivity contribution is -0.122. The molecule has 1 aromatic carbocycles. The zero-order valence-corrected chi connectivity index (χ0v) is 10.4. The summed E-state index contributed by atoms with van der Waals surface area (Å²) in [6.45, 7) is 0. The number of H-pyrrole nitrogens is 1. The topological polar surface area (TPSA) is 58.9 Å². The second-order valence-corrected chi connectivity index (χ2v) is 5.24. The minimum Gasteiger partial charge on any atom is -0.369 e. The van der Waals surface area contributed by atoms with Crippen LogP contribution in [0.4, 0.5) is 0 Å². The molecule has 3 heteroatoms. The van der Waals surface area contributed by atoms with Gasteiger partial charge in [0, 0.05) is 23.0 Å². The maximum atomic E-state index is 11.2. The fourth-order valence-corrected chi connectivity index (χ4v) is 3.12. The average molecular weight is 242 g/mol. The molecule has 0 aliphatic heterocycles. The molecule has 18 heavy (non-hydrogen) atoms.